The largest absolute Gasteiger partial charge is 0.481 e. The lowest BCUT2D eigenvalue weighted by Gasteiger charge is -2.61. The van der Waals surface area contributed by atoms with E-state index in [-0.39, 0.29) is 6.10 Å². The van der Waals surface area contributed by atoms with Crippen molar-refractivity contribution in [2.45, 2.75) is 182 Å². The highest BCUT2D eigenvalue weighted by atomic mass is 16.4. The zero-order valence-corrected chi connectivity index (χ0v) is 33.6. The Morgan fingerprint density at radius 1 is 0.588 bits per heavy atom. The van der Waals surface area contributed by atoms with Gasteiger partial charge in [0.05, 0.1) is 6.10 Å². The Balaban J connectivity index is 0.880. The molecule has 0 aromatic rings. The molecule has 4 nitrogen and oxygen atoms in total. The molecule has 8 rings (SSSR count). The summed E-state index contributed by atoms with van der Waals surface area (Å²) >= 11 is 0. The number of carboxylic acids is 1. The van der Waals surface area contributed by atoms with E-state index in [9.17, 15) is 19.8 Å². The minimum Gasteiger partial charge on any atom is -0.481 e. The third kappa shape index (κ3) is 5.88. The average molecular weight is 705 g/mol. The van der Waals surface area contributed by atoms with Crippen molar-refractivity contribution in [3.63, 3.8) is 0 Å². The van der Waals surface area contributed by atoms with Crippen molar-refractivity contribution in [2.75, 3.05) is 0 Å². The quantitative estimate of drug-likeness (QED) is 0.264. The highest BCUT2D eigenvalue weighted by Gasteiger charge is 2.63. The number of rotatable bonds is 8. The van der Waals surface area contributed by atoms with E-state index >= 15 is 0 Å². The molecule has 0 aromatic carbocycles. The second kappa shape index (κ2) is 13.4. The average Bonchev–Trinajstić information content (AvgIpc) is 3.64. The van der Waals surface area contributed by atoms with E-state index in [2.05, 4.69) is 41.5 Å². The van der Waals surface area contributed by atoms with Gasteiger partial charge in [0.15, 0.2) is 0 Å². The molecule has 0 amide bonds. The van der Waals surface area contributed by atoms with E-state index in [1.165, 1.54) is 89.9 Å². The van der Waals surface area contributed by atoms with Gasteiger partial charge in [0.2, 0.25) is 0 Å². The van der Waals surface area contributed by atoms with Crippen LogP contribution in [0.4, 0.5) is 0 Å². The summed E-state index contributed by atoms with van der Waals surface area (Å²) < 4.78 is 0. The summed E-state index contributed by atoms with van der Waals surface area (Å²) in [5.74, 6) is 9.14. The molecule has 2 N–H and O–H groups in total. The fourth-order valence-corrected chi connectivity index (χ4v) is 17.9. The van der Waals surface area contributed by atoms with Gasteiger partial charge in [0.1, 0.15) is 5.78 Å². The SMILES string of the molecule is CC(CC(=O)[C@H]1CC[C@]2(C)C3CC[C@]4(C)C(C(C)CCC(=O)O)CCC4[C@@H]3CC[C@@H]2C1)C1CCC2[C@@H]3CC[C@@H]4C[C@H](O)CC[C@]4(C)C3CC[C@]12C. The van der Waals surface area contributed by atoms with E-state index < -0.39 is 5.97 Å². The molecule has 0 saturated heterocycles. The molecule has 8 aliphatic rings. The van der Waals surface area contributed by atoms with Crippen LogP contribution in [0.2, 0.25) is 0 Å². The monoisotopic (exact) mass is 705 g/mol. The first-order valence-electron chi connectivity index (χ1n) is 22.6. The third-order valence-electron chi connectivity index (χ3n) is 20.6. The van der Waals surface area contributed by atoms with Crippen molar-refractivity contribution in [1.82, 2.24) is 0 Å². The first kappa shape index (κ1) is 37.0. The maximum Gasteiger partial charge on any atom is 0.303 e. The van der Waals surface area contributed by atoms with Crippen molar-refractivity contribution in [3.8, 4) is 0 Å². The Morgan fingerprint density at radius 2 is 1.08 bits per heavy atom. The van der Waals surface area contributed by atoms with Gasteiger partial charge in [0.25, 0.3) is 0 Å². The third-order valence-corrected chi connectivity index (χ3v) is 20.6. The second-order valence-corrected chi connectivity index (χ2v) is 22.2. The van der Waals surface area contributed by atoms with Crippen molar-refractivity contribution >= 4 is 11.8 Å². The Bertz CT molecular complexity index is 1320. The van der Waals surface area contributed by atoms with Gasteiger partial charge < -0.3 is 10.2 Å². The lowest BCUT2D eigenvalue weighted by Crippen LogP contribution is -2.54. The lowest BCUT2D eigenvalue weighted by molar-refractivity contribution is -0.141. The highest BCUT2D eigenvalue weighted by Crippen LogP contribution is 2.70. The van der Waals surface area contributed by atoms with Gasteiger partial charge in [-0.2, -0.15) is 0 Å². The highest BCUT2D eigenvalue weighted by molar-refractivity contribution is 5.81. The molecule has 0 heterocycles. The minimum atomic E-state index is -0.641. The van der Waals surface area contributed by atoms with Crippen LogP contribution in [0.1, 0.15) is 176 Å². The Kier molecular flexibility index (Phi) is 9.73. The summed E-state index contributed by atoms with van der Waals surface area (Å²) in [4.78, 5) is 25.6. The molecular weight excluding hydrogens is 629 g/mol. The van der Waals surface area contributed by atoms with Crippen LogP contribution in [0, 0.1) is 98.6 Å². The molecule has 8 saturated carbocycles. The van der Waals surface area contributed by atoms with Crippen LogP contribution in [0.15, 0.2) is 0 Å². The number of aliphatic hydroxyl groups excluding tert-OH is 1. The predicted octanol–water partition coefficient (Wildman–Crippen LogP) is 11.4. The van der Waals surface area contributed by atoms with E-state index in [1.54, 1.807) is 0 Å². The molecule has 8 aliphatic carbocycles. The molecule has 8 fully saturated rings. The number of aliphatic carboxylic acids is 1. The van der Waals surface area contributed by atoms with Crippen LogP contribution in [-0.4, -0.2) is 28.1 Å². The summed E-state index contributed by atoms with van der Waals surface area (Å²) in [5, 5.41) is 19.8. The summed E-state index contributed by atoms with van der Waals surface area (Å²) in [5.41, 5.74) is 1.63. The number of hydrogen-bond donors (Lipinski definition) is 2. The number of ketones is 1. The predicted molar refractivity (Wildman–Crippen MR) is 205 cm³/mol. The molecule has 51 heavy (non-hydrogen) atoms. The van der Waals surface area contributed by atoms with Gasteiger partial charge in [-0.3, -0.25) is 9.59 Å². The number of carbonyl (C=O) groups is 2. The molecule has 4 heteroatoms. The fraction of sp³-hybridized carbons (Fsp3) is 0.957. The van der Waals surface area contributed by atoms with E-state index in [1.807, 2.05) is 0 Å². The maximum atomic E-state index is 14.3. The van der Waals surface area contributed by atoms with Crippen molar-refractivity contribution < 1.29 is 19.8 Å². The molecule has 8 unspecified atom stereocenters. The maximum absolute atomic E-state index is 14.3. The molecule has 18 atom stereocenters. The van der Waals surface area contributed by atoms with Crippen LogP contribution in [0.25, 0.3) is 0 Å². The number of aliphatic hydroxyl groups is 1. The number of fused-ring (bicyclic) bond motifs is 10. The molecular formula is C47H76O4. The molecule has 0 aliphatic heterocycles. The van der Waals surface area contributed by atoms with Gasteiger partial charge in [-0.25, -0.2) is 0 Å². The van der Waals surface area contributed by atoms with Gasteiger partial charge in [-0.15, -0.1) is 0 Å². The van der Waals surface area contributed by atoms with E-state index in [0.717, 1.165) is 80.0 Å². The minimum absolute atomic E-state index is 0.0625. The first-order valence-corrected chi connectivity index (χ1v) is 22.6. The van der Waals surface area contributed by atoms with Crippen LogP contribution in [-0.2, 0) is 9.59 Å². The Hall–Kier alpha value is -0.900. The molecule has 0 aromatic heterocycles. The molecule has 288 valence electrons. The Morgan fingerprint density at radius 3 is 1.65 bits per heavy atom. The second-order valence-electron chi connectivity index (χ2n) is 22.2. The summed E-state index contributed by atoms with van der Waals surface area (Å²) in [6.07, 6.45) is 24.9. The van der Waals surface area contributed by atoms with E-state index in [4.69, 9.17) is 0 Å². The molecule has 0 bridgehead atoms. The fourth-order valence-electron chi connectivity index (χ4n) is 17.9. The Labute approximate surface area is 311 Å². The number of carboxylic acid groups (broad SMARTS) is 1. The zero-order valence-electron chi connectivity index (χ0n) is 33.6. The van der Waals surface area contributed by atoms with Crippen LogP contribution < -0.4 is 0 Å². The standard InChI is InChI=1S/C47H76O4/c1-28(7-16-43(50)51)36-12-14-38-34-10-8-31-26-30(17-21-44(31,3)40(34)19-23-46(36,38)5)42(49)25-29(2)37-13-15-39-35-11-9-32-27-33(48)18-22-45(32,4)41(35)20-24-47(37,39)6/h28-41,48H,7-27H2,1-6H3,(H,50,51)/t28?,29?,30-,31+,32+,33+,34-,35-,36?,37?,38?,39?,40?,41?,44-,45-,46+,47+/m0/s1. The smallest absolute Gasteiger partial charge is 0.303 e. The number of carbonyl (C=O) groups excluding carboxylic acids is 1. The van der Waals surface area contributed by atoms with Crippen molar-refractivity contribution in [1.29, 1.82) is 0 Å². The van der Waals surface area contributed by atoms with E-state index in [0.29, 0.717) is 69.4 Å². The summed E-state index contributed by atoms with van der Waals surface area (Å²) in [6, 6.07) is 0. The number of hydrogen-bond acceptors (Lipinski definition) is 3. The normalized spacial score (nSPS) is 53.0. The zero-order chi connectivity index (χ0) is 36.1. The molecule has 0 radical (unpaired) electrons. The van der Waals surface area contributed by atoms with Crippen LogP contribution in [0.3, 0.4) is 0 Å². The van der Waals surface area contributed by atoms with Crippen LogP contribution in [0.5, 0.6) is 0 Å². The van der Waals surface area contributed by atoms with Gasteiger partial charge in [-0.1, -0.05) is 41.5 Å². The van der Waals surface area contributed by atoms with Crippen LogP contribution >= 0.6 is 0 Å². The summed E-state index contributed by atoms with van der Waals surface area (Å²) in [6.45, 7) is 15.3. The molecule has 0 spiro atoms. The van der Waals surface area contributed by atoms with Crippen molar-refractivity contribution in [3.05, 3.63) is 0 Å². The first-order chi connectivity index (χ1) is 24.2. The van der Waals surface area contributed by atoms with Crippen molar-refractivity contribution in [2.24, 2.45) is 98.6 Å². The topological polar surface area (TPSA) is 74.6 Å². The van der Waals surface area contributed by atoms with Gasteiger partial charge in [-0.05, 0) is 215 Å². The number of Topliss-reactive ketones (excluding diaryl/α,β-unsaturated/α-hetero) is 1. The summed E-state index contributed by atoms with van der Waals surface area (Å²) in [7, 11) is 0. The van der Waals surface area contributed by atoms with Gasteiger partial charge in [0, 0.05) is 18.8 Å². The lowest BCUT2D eigenvalue weighted by atomic mass is 9.43. The van der Waals surface area contributed by atoms with Gasteiger partial charge >= 0.3 is 5.97 Å².